The maximum Gasteiger partial charge on any atom is 0.341 e. The van der Waals surface area contributed by atoms with E-state index in [-0.39, 0.29) is 12.5 Å². The van der Waals surface area contributed by atoms with Crippen LogP contribution in [0.1, 0.15) is 40.2 Å². The number of piperidine rings is 1. The summed E-state index contributed by atoms with van der Waals surface area (Å²) in [5, 5.41) is 9.71. The summed E-state index contributed by atoms with van der Waals surface area (Å²) in [6.45, 7) is 3.35. The van der Waals surface area contributed by atoms with E-state index >= 15 is 0 Å². The maximum atomic E-state index is 13.1. The molecule has 1 N–H and O–H groups in total. The lowest BCUT2D eigenvalue weighted by Crippen LogP contribution is -2.35. The molecule has 5 aromatic rings. The largest absolute Gasteiger partial charge is 0.486 e. The second-order valence-corrected chi connectivity index (χ2v) is 12.1. The molecule has 2 heterocycles. The van der Waals surface area contributed by atoms with Crippen molar-refractivity contribution in [2.24, 2.45) is 0 Å². The highest BCUT2D eigenvalue weighted by molar-refractivity contribution is 7.15. The Kier molecular flexibility index (Phi) is 9.22. The second-order valence-electron chi connectivity index (χ2n) is 11.1. The quantitative estimate of drug-likeness (QED) is 0.170. The Hall–Kier alpha value is -4.95. The molecular weight excluding hydrogens is 584 g/mol. The third-order valence-electron chi connectivity index (χ3n) is 7.83. The molecule has 1 fully saturated rings. The van der Waals surface area contributed by atoms with Crippen molar-refractivity contribution in [1.82, 2.24) is 9.88 Å². The minimum atomic E-state index is -1.02. The van der Waals surface area contributed by atoms with Crippen LogP contribution in [0.5, 0.6) is 11.5 Å². The van der Waals surface area contributed by atoms with Crippen LogP contribution in [0.15, 0.2) is 97.1 Å². The van der Waals surface area contributed by atoms with E-state index in [0.29, 0.717) is 17.1 Å². The minimum Gasteiger partial charge on any atom is -0.486 e. The summed E-state index contributed by atoms with van der Waals surface area (Å²) in [6, 6.07) is 31.9. The number of benzene rings is 4. The summed E-state index contributed by atoms with van der Waals surface area (Å²) in [6.07, 6.45) is 3.30. The Morgan fingerprint density at radius 3 is 2.16 bits per heavy atom. The molecule has 0 spiro atoms. The third kappa shape index (κ3) is 7.24. The maximum absolute atomic E-state index is 13.1. The number of aryl methyl sites for hydroxylation is 1. The van der Waals surface area contributed by atoms with Gasteiger partial charge in [-0.3, -0.25) is 4.79 Å². The number of nitrogens with zero attached hydrogens (tertiary/aromatic N) is 2. The van der Waals surface area contributed by atoms with Gasteiger partial charge < -0.3 is 19.5 Å². The van der Waals surface area contributed by atoms with Crippen molar-refractivity contribution in [3.63, 3.8) is 0 Å². The summed E-state index contributed by atoms with van der Waals surface area (Å²) in [5.74, 6) is 0.203. The highest BCUT2D eigenvalue weighted by atomic mass is 32.1. The molecule has 4 aromatic carbocycles. The molecule has 7 nitrogen and oxygen atoms in total. The average Bonchev–Trinajstić information content (AvgIpc) is 3.52. The van der Waals surface area contributed by atoms with Crippen LogP contribution in [-0.2, 0) is 11.4 Å². The first-order valence-electron chi connectivity index (χ1n) is 15.1. The van der Waals surface area contributed by atoms with Gasteiger partial charge in [0.05, 0.1) is 10.6 Å². The number of carbonyl (C=O) groups excluding carboxylic acids is 1. The molecule has 6 rings (SSSR count). The normalized spacial score (nSPS) is 13.0. The molecule has 0 unspecified atom stereocenters. The summed E-state index contributed by atoms with van der Waals surface area (Å²) in [7, 11) is 0. The minimum absolute atomic E-state index is 0.0833. The van der Waals surface area contributed by atoms with Crippen LogP contribution in [0.3, 0.4) is 0 Å². The van der Waals surface area contributed by atoms with Crippen molar-refractivity contribution >= 4 is 23.2 Å². The summed E-state index contributed by atoms with van der Waals surface area (Å²) in [5.41, 5.74) is 6.61. The number of rotatable bonds is 10. The van der Waals surface area contributed by atoms with Gasteiger partial charge in [-0.05, 0) is 78.8 Å². The third-order valence-corrected chi connectivity index (χ3v) is 8.91. The van der Waals surface area contributed by atoms with E-state index in [1.54, 1.807) is 23.5 Å². The molecule has 0 radical (unpaired) electrons. The predicted octanol–water partition coefficient (Wildman–Crippen LogP) is 8.12. The first-order chi connectivity index (χ1) is 21.9. The molecule has 1 aliphatic heterocycles. The summed E-state index contributed by atoms with van der Waals surface area (Å²) < 4.78 is 11.5. The molecule has 0 bridgehead atoms. The molecule has 0 atom stereocenters. The van der Waals surface area contributed by atoms with Gasteiger partial charge in [0, 0.05) is 24.2 Å². The zero-order chi connectivity index (χ0) is 31.2. The van der Waals surface area contributed by atoms with Crippen molar-refractivity contribution in [2.45, 2.75) is 32.8 Å². The van der Waals surface area contributed by atoms with Gasteiger partial charge in [0.25, 0.3) is 5.91 Å². The fourth-order valence-corrected chi connectivity index (χ4v) is 6.48. The van der Waals surface area contributed by atoms with E-state index in [1.165, 1.54) is 6.42 Å². The van der Waals surface area contributed by atoms with Gasteiger partial charge in [0.1, 0.15) is 23.1 Å². The zero-order valence-corrected chi connectivity index (χ0v) is 25.9. The Balaban J connectivity index is 1.26. The van der Waals surface area contributed by atoms with Crippen LogP contribution in [0.4, 0.5) is 0 Å². The monoisotopic (exact) mass is 618 g/mol. The van der Waals surface area contributed by atoms with E-state index in [2.05, 4.69) is 36.4 Å². The Bertz CT molecular complexity index is 1780. The van der Waals surface area contributed by atoms with E-state index in [9.17, 15) is 9.59 Å². The second kappa shape index (κ2) is 13.8. The van der Waals surface area contributed by atoms with Crippen LogP contribution in [0.25, 0.3) is 32.8 Å². The highest BCUT2D eigenvalue weighted by Gasteiger charge is 2.20. The van der Waals surface area contributed by atoms with Gasteiger partial charge in [-0.15, -0.1) is 11.3 Å². The molecule has 8 heteroatoms. The van der Waals surface area contributed by atoms with E-state index in [4.69, 9.17) is 19.6 Å². The number of likely N-dealkylation sites (tertiary alicyclic amines) is 1. The predicted molar refractivity (Wildman–Crippen MR) is 177 cm³/mol. The summed E-state index contributed by atoms with van der Waals surface area (Å²) >= 11 is 1.58. The zero-order valence-electron chi connectivity index (χ0n) is 25.1. The number of carboxylic acid groups (broad SMARTS) is 1. The first kappa shape index (κ1) is 30.1. The lowest BCUT2D eigenvalue weighted by atomic mass is 10.0. The van der Waals surface area contributed by atoms with Crippen molar-refractivity contribution in [3.8, 4) is 44.3 Å². The molecular formula is C37H34N2O5S. The molecule has 0 saturated carbocycles. The number of hydrogen-bond donors (Lipinski definition) is 1. The number of ether oxygens (including phenoxy) is 2. The first-order valence-corrected chi connectivity index (χ1v) is 15.9. The van der Waals surface area contributed by atoms with Crippen molar-refractivity contribution < 1.29 is 24.2 Å². The standard InChI is InChI=1S/C37H34N2O5S/c1-25-22-31(18-19-32(25)44-24-34(40)41)43-23-33-38-35(28-12-16-30(17-13-28)37(42)39-20-6-3-7-21-39)36(45-33)29-14-10-27(11-15-29)26-8-4-2-5-9-26/h2,4-5,8-19,22H,3,6-7,20-21,23-24H2,1H3,(H,40,41). The number of carbonyl (C=O) groups is 2. The van der Waals surface area contributed by atoms with Crippen LogP contribution in [-0.4, -0.2) is 46.6 Å². The number of thiazole rings is 1. The lowest BCUT2D eigenvalue weighted by Gasteiger charge is -2.26. The van der Waals surface area contributed by atoms with E-state index < -0.39 is 12.6 Å². The number of carboxylic acids is 1. The van der Waals surface area contributed by atoms with Crippen LogP contribution < -0.4 is 9.47 Å². The van der Waals surface area contributed by atoms with Gasteiger partial charge >= 0.3 is 5.97 Å². The van der Waals surface area contributed by atoms with Gasteiger partial charge in [0.15, 0.2) is 6.61 Å². The van der Waals surface area contributed by atoms with Crippen LogP contribution in [0.2, 0.25) is 0 Å². The molecule has 1 saturated heterocycles. The number of aromatic nitrogens is 1. The molecule has 0 aliphatic carbocycles. The van der Waals surface area contributed by atoms with Crippen LogP contribution >= 0.6 is 11.3 Å². The Labute approximate surface area is 266 Å². The Morgan fingerprint density at radius 1 is 0.800 bits per heavy atom. The molecule has 228 valence electrons. The fraction of sp³-hybridized carbons (Fsp3) is 0.216. The fourth-order valence-electron chi connectivity index (χ4n) is 5.47. The van der Waals surface area contributed by atoms with Crippen molar-refractivity contribution in [1.29, 1.82) is 0 Å². The topological polar surface area (TPSA) is 89.0 Å². The van der Waals surface area contributed by atoms with E-state index in [1.807, 2.05) is 60.4 Å². The van der Waals surface area contributed by atoms with E-state index in [0.717, 1.165) is 69.3 Å². The number of aliphatic carboxylic acids is 1. The average molecular weight is 619 g/mol. The smallest absolute Gasteiger partial charge is 0.341 e. The molecule has 1 aromatic heterocycles. The Morgan fingerprint density at radius 2 is 1.47 bits per heavy atom. The molecule has 1 amide bonds. The SMILES string of the molecule is Cc1cc(OCc2nc(-c3ccc(C(=O)N4CCCCC4)cc3)c(-c3ccc(-c4ccccc4)cc3)s2)ccc1OCC(=O)O. The van der Waals surface area contributed by atoms with Crippen molar-refractivity contribution in [3.05, 3.63) is 113 Å². The summed E-state index contributed by atoms with van der Waals surface area (Å²) in [4.78, 5) is 31.9. The van der Waals surface area contributed by atoms with Crippen LogP contribution in [0, 0.1) is 6.92 Å². The molecule has 1 aliphatic rings. The van der Waals surface area contributed by atoms with Gasteiger partial charge in [-0.2, -0.15) is 0 Å². The highest BCUT2D eigenvalue weighted by Crippen LogP contribution is 2.38. The molecule has 45 heavy (non-hydrogen) atoms. The van der Waals surface area contributed by atoms with Gasteiger partial charge in [-0.1, -0.05) is 66.7 Å². The van der Waals surface area contributed by atoms with Crippen molar-refractivity contribution in [2.75, 3.05) is 19.7 Å². The number of hydrogen-bond acceptors (Lipinski definition) is 6. The van der Waals surface area contributed by atoms with Gasteiger partial charge in [0.2, 0.25) is 0 Å². The lowest BCUT2D eigenvalue weighted by molar-refractivity contribution is -0.139. The van der Waals surface area contributed by atoms with Gasteiger partial charge in [-0.25, -0.2) is 9.78 Å². The number of amides is 1.